The van der Waals surface area contributed by atoms with Crippen molar-refractivity contribution in [3.05, 3.63) is 71.8 Å². The summed E-state index contributed by atoms with van der Waals surface area (Å²) >= 11 is 0. The Bertz CT molecular complexity index is 707. The normalized spacial score (nSPS) is 18.2. The molecule has 0 amide bonds. The fraction of sp³-hybridized carbons (Fsp3) is 0.273. The molecule has 1 heteroatoms. The van der Waals surface area contributed by atoms with E-state index in [2.05, 4.69) is 67.6 Å². The van der Waals surface area contributed by atoms with Crippen molar-refractivity contribution >= 4 is 11.6 Å². The second-order valence-corrected chi connectivity index (χ2v) is 6.37. The van der Waals surface area contributed by atoms with Crippen LogP contribution in [0.5, 0.6) is 0 Å². The number of allylic oxidation sites excluding steroid dienone is 2. The molecule has 1 atom stereocenters. The smallest absolute Gasteiger partial charge is 0.0110 e. The van der Waals surface area contributed by atoms with Crippen molar-refractivity contribution in [1.82, 2.24) is 0 Å². The van der Waals surface area contributed by atoms with Gasteiger partial charge in [0.1, 0.15) is 0 Å². The quantitative estimate of drug-likeness (QED) is 0.789. The highest BCUT2D eigenvalue weighted by Gasteiger charge is 2.14. The van der Waals surface area contributed by atoms with Gasteiger partial charge >= 0.3 is 0 Å². The maximum atomic E-state index is 5.52. The lowest BCUT2D eigenvalue weighted by molar-refractivity contribution is 0.593. The maximum Gasteiger partial charge on any atom is 0.0110 e. The Morgan fingerprint density at radius 3 is 2.48 bits per heavy atom. The summed E-state index contributed by atoms with van der Waals surface area (Å²) in [5.41, 5.74) is 12.2. The van der Waals surface area contributed by atoms with E-state index < -0.39 is 0 Å². The second kappa shape index (κ2) is 7.43. The number of benzene rings is 2. The van der Waals surface area contributed by atoms with Gasteiger partial charge in [0.25, 0.3) is 0 Å². The summed E-state index contributed by atoms with van der Waals surface area (Å²) in [5.74, 6) is 0.690. The van der Waals surface area contributed by atoms with Crippen molar-refractivity contribution in [2.45, 2.75) is 26.2 Å². The van der Waals surface area contributed by atoms with Crippen molar-refractivity contribution < 1.29 is 0 Å². The summed E-state index contributed by atoms with van der Waals surface area (Å²) in [6.07, 6.45) is 10.3. The molecule has 0 aromatic heterocycles. The van der Waals surface area contributed by atoms with E-state index in [0.717, 1.165) is 0 Å². The van der Waals surface area contributed by atoms with E-state index in [1.165, 1.54) is 47.1 Å². The second-order valence-electron chi connectivity index (χ2n) is 6.37. The van der Waals surface area contributed by atoms with Crippen LogP contribution in [-0.2, 0) is 0 Å². The van der Waals surface area contributed by atoms with Crippen molar-refractivity contribution in [3.8, 4) is 11.1 Å². The number of hydrogen-bond acceptors (Lipinski definition) is 1. The minimum absolute atomic E-state index is 0.580. The molecule has 0 radical (unpaired) electrons. The van der Waals surface area contributed by atoms with E-state index in [4.69, 9.17) is 5.73 Å². The molecule has 23 heavy (non-hydrogen) atoms. The molecule has 2 N–H and O–H groups in total. The van der Waals surface area contributed by atoms with Gasteiger partial charge in [0, 0.05) is 6.54 Å². The highest BCUT2D eigenvalue weighted by atomic mass is 14.5. The first-order valence-corrected chi connectivity index (χ1v) is 8.55. The Morgan fingerprint density at radius 1 is 1.04 bits per heavy atom. The molecular weight excluding hydrogens is 278 g/mol. The zero-order chi connectivity index (χ0) is 16.1. The van der Waals surface area contributed by atoms with Crippen LogP contribution in [0, 0.1) is 5.92 Å². The minimum Gasteiger partial charge on any atom is -0.327 e. The molecule has 118 valence electrons. The summed E-state index contributed by atoms with van der Waals surface area (Å²) in [7, 11) is 0. The van der Waals surface area contributed by atoms with Crippen LogP contribution >= 0.6 is 0 Å². The molecule has 0 saturated heterocycles. The summed E-state index contributed by atoms with van der Waals surface area (Å²) in [4.78, 5) is 0. The molecule has 0 fully saturated rings. The van der Waals surface area contributed by atoms with E-state index >= 15 is 0 Å². The third-order valence-corrected chi connectivity index (χ3v) is 4.53. The van der Waals surface area contributed by atoms with Crippen molar-refractivity contribution in [2.75, 3.05) is 6.54 Å². The molecule has 0 spiro atoms. The van der Waals surface area contributed by atoms with Crippen LogP contribution in [0.2, 0.25) is 0 Å². The molecule has 1 aliphatic rings. The predicted molar refractivity (Wildman–Crippen MR) is 101 cm³/mol. The Hall–Kier alpha value is -2.12. The third kappa shape index (κ3) is 3.80. The standard InChI is InChI=1S/C22H25N/c1-17-6-4-8-20(16-17)22-10-3-2-9-21(22)19-13-11-18(12-14-19)7-5-15-23/h2-3,5,7,9-14,16-17H,4,6,8,15,23H2,1H3/b7-5+. The van der Waals surface area contributed by atoms with Crippen molar-refractivity contribution in [3.63, 3.8) is 0 Å². The molecule has 1 unspecified atom stereocenters. The number of rotatable bonds is 4. The lowest BCUT2D eigenvalue weighted by Gasteiger charge is -2.20. The summed E-state index contributed by atoms with van der Waals surface area (Å²) in [6.45, 7) is 2.90. The SMILES string of the molecule is CC1C=C(c2ccccc2-c2ccc(/C=C/CN)cc2)CCC1. The minimum atomic E-state index is 0.580. The topological polar surface area (TPSA) is 26.0 Å². The fourth-order valence-electron chi connectivity index (χ4n) is 3.34. The van der Waals surface area contributed by atoms with Gasteiger partial charge in [-0.15, -0.1) is 0 Å². The fourth-order valence-corrected chi connectivity index (χ4v) is 3.34. The molecule has 1 aliphatic carbocycles. The Balaban J connectivity index is 1.96. The largest absolute Gasteiger partial charge is 0.327 e. The molecule has 0 aliphatic heterocycles. The molecule has 2 aromatic rings. The maximum absolute atomic E-state index is 5.52. The van der Waals surface area contributed by atoms with Crippen molar-refractivity contribution in [2.24, 2.45) is 11.7 Å². The third-order valence-electron chi connectivity index (χ3n) is 4.53. The molecular formula is C22H25N. The predicted octanol–water partition coefficient (Wildman–Crippen LogP) is 5.53. The van der Waals surface area contributed by atoms with Gasteiger partial charge in [-0.1, -0.05) is 73.7 Å². The van der Waals surface area contributed by atoms with Gasteiger partial charge in [0.2, 0.25) is 0 Å². The first kappa shape index (κ1) is 15.8. The summed E-state index contributed by atoms with van der Waals surface area (Å²) < 4.78 is 0. The van der Waals surface area contributed by atoms with Crippen LogP contribution in [0.1, 0.15) is 37.3 Å². The number of nitrogens with two attached hydrogens (primary N) is 1. The Labute approximate surface area is 139 Å². The van der Waals surface area contributed by atoms with Gasteiger partial charge in [0.05, 0.1) is 0 Å². The van der Waals surface area contributed by atoms with Crippen LogP contribution < -0.4 is 5.73 Å². The van der Waals surface area contributed by atoms with E-state index in [1.54, 1.807) is 0 Å². The highest BCUT2D eigenvalue weighted by Crippen LogP contribution is 2.35. The summed E-state index contributed by atoms with van der Waals surface area (Å²) in [5, 5.41) is 0. The van der Waals surface area contributed by atoms with Crippen LogP contribution in [0.4, 0.5) is 0 Å². The van der Waals surface area contributed by atoms with Crippen LogP contribution in [0.3, 0.4) is 0 Å². The van der Waals surface area contributed by atoms with Crippen molar-refractivity contribution in [1.29, 1.82) is 0 Å². The van der Waals surface area contributed by atoms with E-state index in [9.17, 15) is 0 Å². The molecule has 1 nitrogen and oxygen atoms in total. The van der Waals surface area contributed by atoms with Crippen LogP contribution in [-0.4, -0.2) is 6.54 Å². The highest BCUT2D eigenvalue weighted by molar-refractivity contribution is 5.82. The first-order chi connectivity index (χ1) is 11.3. The Morgan fingerprint density at radius 2 is 1.78 bits per heavy atom. The first-order valence-electron chi connectivity index (χ1n) is 8.55. The monoisotopic (exact) mass is 303 g/mol. The average molecular weight is 303 g/mol. The van der Waals surface area contributed by atoms with Gasteiger partial charge in [-0.2, -0.15) is 0 Å². The lowest BCUT2D eigenvalue weighted by Crippen LogP contribution is -2.01. The van der Waals surface area contributed by atoms with Gasteiger partial charge < -0.3 is 5.73 Å². The summed E-state index contributed by atoms with van der Waals surface area (Å²) in [6, 6.07) is 17.5. The molecule has 3 rings (SSSR count). The van der Waals surface area contributed by atoms with Gasteiger partial charge in [-0.25, -0.2) is 0 Å². The van der Waals surface area contributed by atoms with Gasteiger partial charge in [-0.05, 0) is 53.0 Å². The zero-order valence-electron chi connectivity index (χ0n) is 13.8. The number of hydrogen-bond donors (Lipinski definition) is 1. The van der Waals surface area contributed by atoms with Crippen LogP contribution in [0.15, 0.2) is 60.7 Å². The Kier molecular flexibility index (Phi) is 5.09. The van der Waals surface area contributed by atoms with E-state index in [0.29, 0.717) is 12.5 Å². The lowest BCUT2D eigenvalue weighted by atomic mass is 9.85. The van der Waals surface area contributed by atoms with Gasteiger partial charge in [-0.3, -0.25) is 0 Å². The van der Waals surface area contributed by atoms with Crippen LogP contribution in [0.25, 0.3) is 22.8 Å². The average Bonchev–Trinajstić information content (AvgIpc) is 2.60. The zero-order valence-corrected chi connectivity index (χ0v) is 13.8. The molecule has 2 aromatic carbocycles. The molecule has 0 saturated carbocycles. The molecule has 0 bridgehead atoms. The van der Waals surface area contributed by atoms with E-state index in [-0.39, 0.29) is 0 Å². The molecule has 0 heterocycles. The van der Waals surface area contributed by atoms with Gasteiger partial charge in [0.15, 0.2) is 0 Å². The van der Waals surface area contributed by atoms with E-state index in [1.807, 2.05) is 6.08 Å².